The number of benzene rings is 3. The minimum atomic E-state index is -0.663. The molecule has 11 heteroatoms. The molecule has 9 rings (SSSR count). The lowest BCUT2D eigenvalue weighted by molar-refractivity contribution is -0.135. The molecule has 6 atom stereocenters. The molecule has 2 aliphatic heterocycles. The van der Waals surface area contributed by atoms with Crippen LogP contribution in [0.4, 0.5) is 4.79 Å². The Balaban J connectivity index is 0.911. The van der Waals surface area contributed by atoms with Crippen molar-refractivity contribution in [2.24, 2.45) is 17.3 Å². The summed E-state index contributed by atoms with van der Waals surface area (Å²) in [5.74, 6) is 2.39. The predicted octanol–water partition coefficient (Wildman–Crippen LogP) is 8.04. The molecule has 2 aliphatic carbocycles. The largest absolute Gasteiger partial charge is 0.453 e. The van der Waals surface area contributed by atoms with Gasteiger partial charge in [-0.25, -0.2) is 14.8 Å². The fourth-order valence-electron chi connectivity index (χ4n) is 9.05. The maximum absolute atomic E-state index is 13.9. The fourth-order valence-corrected chi connectivity index (χ4v) is 9.71. The van der Waals surface area contributed by atoms with Crippen molar-refractivity contribution in [3.8, 4) is 33.6 Å². The number of nitrogens with zero attached hydrogens (tertiary/aromatic N) is 4. The van der Waals surface area contributed by atoms with Gasteiger partial charge in [-0.3, -0.25) is 9.46 Å². The van der Waals surface area contributed by atoms with Gasteiger partial charge in [0, 0.05) is 18.2 Å². The van der Waals surface area contributed by atoms with E-state index in [1.165, 1.54) is 37.5 Å². The van der Waals surface area contributed by atoms with Crippen molar-refractivity contribution in [2.45, 2.75) is 76.5 Å². The van der Waals surface area contributed by atoms with Crippen LogP contribution in [0.15, 0.2) is 73.1 Å². The Morgan fingerprint density at radius 1 is 0.885 bits per heavy atom. The molecule has 1 spiro atoms. The molecule has 10 nitrogen and oxygen atoms in total. The number of alkyl carbamates (subject to hydrolysis) is 1. The summed E-state index contributed by atoms with van der Waals surface area (Å²) in [5, 5.41) is 5.07. The molecular weight excluding hydrogens is 669 g/mol. The average Bonchev–Trinajstić information content (AvgIpc) is 3.77. The summed E-state index contributed by atoms with van der Waals surface area (Å²) in [4.78, 5) is 44.7. The van der Waals surface area contributed by atoms with Gasteiger partial charge in [0.1, 0.15) is 17.7 Å². The first-order valence-electron chi connectivity index (χ1n) is 18.6. The highest BCUT2D eigenvalue weighted by molar-refractivity contribution is 7.13. The van der Waals surface area contributed by atoms with Gasteiger partial charge in [-0.05, 0) is 95.4 Å². The summed E-state index contributed by atoms with van der Waals surface area (Å²) in [6.07, 6.45) is 10.2. The highest BCUT2D eigenvalue weighted by atomic mass is 31.0. The number of hydrogen-bond acceptors (Lipinski definition) is 6. The number of carbonyl (C=O) groups is 2. The van der Waals surface area contributed by atoms with Crippen LogP contribution in [0.1, 0.15) is 76.1 Å². The quantitative estimate of drug-likeness (QED) is 0.140. The van der Waals surface area contributed by atoms with Crippen LogP contribution in [0.5, 0.6) is 0 Å². The number of aromatic nitrogens is 4. The Hall–Kier alpha value is -4.53. The number of imidazole rings is 2. The predicted molar refractivity (Wildman–Crippen MR) is 205 cm³/mol. The number of fused-ring (bicyclic) bond motifs is 3. The monoisotopic (exact) mass is 715 g/mol. The van der Waals surface area contributed by atoms with Gasteiger partial charge in [0.05, 0.1) is 43.0 Å². The van der Waals surface area contributed by atoms with Gasteiger partial charge in [0.2, 0.25) is 5.91 Å². The third-order valence-electron chi connectivity index (χ3n) is 12.2. The maximum atomic E-state index is 13.9. The number of piperidine rings is 1. The van der Waals surface area contributed by atoms with Crippen LogP contribution in [0.3, 0.4) is 0 Å². The lowest BCUT2D eigenvalue weighted by Crippen LogP contribution is -2.51. The summed E-state index contributed by atoms with van der Waals surface area (Å²) < 4.78 is 7.25. The minimum absolute atomic E-state index is 0.0821. The Kier molecular flexibility index (Phi) is 8.23. The van der Waals surface area contributed by atoms with Gasteiger partial charge >= 0.3 is 6.09 Å². The molecule has 52 heavy (non-hydrogen) atoms. The summed E-state index contributed by atoms with van der Waals surface area (Å²) >= 11 is 0. The standard InChI is InChI=1S/C41H46N7O3P/c1-23(2)35(46-40(50)51-3)39(49)47-22-41(14-15-41)19-34(47)37-42-21-33(44-37)29-11-10-27-16-26(8-9-28(27)17-29)24-4-6-25(7-5-24)32-20-43-38(45-32)36-30-12-13-31(18-30)48(36)52/h4-11,16-17,20-21,23,30-31,34-36H,12-15,18-19,22,52H2,1-3H3,(H,42,44)(H,43,45)(H,46,50)/t30?,31?,34-,35-,36?/m0/s1. The lowest BCUT2D eigenvalue weighted by atomic mass is 9.98. The number of nitrogens with one attached hydrogen (secondary N) is 3. The topological polar surface area (TPSA) is 119 Å². The molecule has 2 amide bonds. The number of rotatable bonds is 8. The highest BCUT2D eigenvalue weighted by Crippen LogP contribution is 2.58. The number of hydrogen-bond donors (Lipinski definition) is 3. The third kappa shape index (κ3) is 5.90. The first kappa shape index (κ1) is 33.3. The van der Waals surface area contributed by atoms with Crippen molar-refractivity contribution in [3.05, 3.63) is 84.7 Å². The van der Waals surface area contributed by atoms with Crippen LogP contribution in [0.25, 0.3) is 44.4 Å². The van der Waals surface area contributed by atoms with Crippen molar-refractivity contribution in [3.63, 3.8) is 0 Å². The second-order valence-corrected chi connectivity index (χ2v) is 16.5. The Morgan fingerprint density at radius 2 is 1.52 bits per heavy atom. The number of amides is 2. The zero-order valence-electron chi connectivity index (χ0n) is 29.9. The summed E-state index contributed by atoms with van der Waals surface area (Å²) in [5.41, 5.74) is 6.65. The first-order chi connectivity index (χ1) is 25.2. The Morgan fingerprint density at radius 3 is 2.19 bits per heavy atom. The number of likely N-dealkylation sites (tertiary alicyclic amines) is 1. The van der Waals surface area contributed by atoms with E-state index >= 15 is 0 Å². The molecule has 4 unspecified atom stereocenters. The van der Waals surface area contributed by atoms with E-state index < -0.39 is 12.1 Å². The molecule has 2 saturated heterocycles. The second-order valence-electron chi connectivity index (χ2n) is 15.9. The van der Waals surface area contributed by atoms with Gasteiger partial charge in [0.15, 0.2) is 0 Å². The molecule has 4 aliphatic rings. The van der Waals surface area contributed by atoms with Crippen molar-refractivity contribution >= 4 is 32.2 Å². The molecule has 3 N–H and O–H groups in total. The van der Waals surface area contributed by atoms with E-state index in [4.69, 9.17) is 14.7 Å². The van der Waals surface area contributed by atoms with Crippen molar-refractivity contribution < 1.29 is 14.3 Å². The van der Waals surface area contributed by atoms with Gasteiger partial charge in [-0.15, -0.1) is 0 Å². The van der Waals surface area contributed by atoms with E-state index in [9.17, 15) is 9.59 Å². The smallest absolute Gasteiger partial charge is 0.407 e. The molecule has 3 aromatic carbocycles. The van der Waals surface area contributed by atoms with E-state index in [0.717, 1.165) is 64.2 Å². The number of H-pyrrole nitrogens is 2. The summed E-state index contributed by atoms with van der Waals surface area (Å²) in [6, 6.07) is 22.0. The van der Waals surface area contributed by atoms with Crippen molar-refractivity contribution in [2.75, 3.05) is 13.7 Å². The molecule has 0 radical (unpaired) electrons. The second kappa shape index (κ2) is 12.8. The zero-order chi connectivity index (χ0) is 35.7. The van der Waals surface area contributed by atoms with Crippen LogP contribution < -0.4 is 5.32 Å². The van der Waals surface area contributed by atoms with Crippen molar-refractivity contribution in [1.29, 1.82) is 0 Å². The number of ether oxygens (including phenoxy) is 1. The fraction of sp³-hybridized carbons (Fsp3) is 0.415. The average molecular weight is 716 g/mol. The molecule has 2 bridgehead atoms. The molecule has 2 saturated carbocycles. The number of aromatic amines is 2. The summed E-state index contributed by atoms with van der Waals surface area (Å²) in [6.45, 7) is 4.56. The van der Waals surface area contributed by atoms with Crippen molar-refractivity contribution in [1.82, 2.24) is 34.8 Å². The third-order valence-corrected chi connectivity index (χ3v) is 13.0. The van der Waals surface area contributed by atoms with Crippen LogP contribution in [0, 0.1) is 17.3 Å². The zero-order valence-corrected chi connectivity index (χ0v) is 31.1. The normalized spacial score (nSPS) is 23.9. The van der Waals surface area contributed by atoms with Crippen LogP contribution in [-0.4, -0.2) is 67.2 Å². The van der Waals surface area contributed by atoms with Crippen LogP contribution in [-0.2, 0) is 9.53 Å². The van der Waals surface area contributed by atoms with E-state index in [0.29, 0.717) is 24.5 Å². The first-order valence-corrected chi connectivity index (χ1v) is 19.1. The Labute approximate surface area is 306 Å². The lowest BCUT2D eigenvalue weighted by Gasteiger charge is -2.30. The molecular formula is C41H46N7O3P. The molecule has 268 valence electrons. The molecule has 4 fully saturated rings. The van der Waals surface area contributed by atoms with E-state index in [2.05, 4.69) is 90.0 Å². The van der Waals surface area contributed by atoms with E-state index in [-0.39, 0.29) is 23.3 Å². The van der Waals surface area contributed by atoms with Gasteiger partial charge in [0.25, 0.3) is 0 Å². The van der Waals surface area contributed by atoms with E-state index in [1.54, 1.807) is 0 Å². The minimum Gasteiger partial charge on any atom is -0.453 e. The molecule has 2 aromatic heterocycles. The van der Waals surface area contributed by atoms with Crippen LogP contribution >= 0.6 is 9.39 Å². The highest BCUT2D eigenvalue weighted by Gasteiger charge is 2.55. The SMILES string of the molecule is COC(=O)N[C@H](C(=O)N1CC2(CC2)C[C@H]1c1ncc(-c2ccc3cc(-c4ccc(-c5cnc(C6C7CCC(C7)N6P)[nH]5)cc4)ccc3c2)[nH]1)C(C)C. The number of carbonyl (C=O) groups excluding carboxylic acids is 2. The maximum Gasteiger partial charge on any atom is 0.407 e. The molecule has 4 heterocycles. The number of methoxy groups -OCH3 is 1. The van der Waals surface area contributed by atoms with E-state index in [1.807, 2.05) is 31.1 Å². The van der Waals surface area contributed by atoms with Gasteiger partial charge < -0.3 is 24.9 Å². The van der Waals surface area contributed by atoms with Crippen LogP contribution in [0.2, 0.25) is 0 Å². The molecule has 5 aromatic rings. The van der Waals surface area contributed by atoms with Gasteiger partial charge in [-0.1, -0.05) is 71.8 Å². The Bertz CT molecular complexity index is 2150. The van der Waals surface area contributed by atoms with Gasteiger partial charge in [-0.2, -0.15) is 0 Å². The summed E-state index contributed by atoms with van der Waals surface area (Å²) in [7, 11) is 4.26.